The summed E-state index contributed by atoms with van der Waals surface area (Å²) in [7, 11) is 0. The topological polar surface area (TPSA) is 32.5 Å². The molecule has 104 valence electrons. The van der Waals surface area contributed by atoms with E-state index in [0.29, 0.717) is 5.92 Å². The van der Waals surface area contributed by atoms with Crippen molar-refractivity contribution in [3.05, 3.63) is 35.9 Å². The van der Waals surface area contributed by atoms with Crippen LogP contribution in [0.25, 0.3) is 0 Å². The fourth-order valence-corrected chi connectivity index (χ4v) is 3.10. The van der Waals surface area contributed by atoms with E-state index < -0.39 is 0 Å². The molecule has 1 aromatic carbocycles. The summed E-state index contributed by atoms with van der Waals surface area (Å²) >= 11 is 0. The van der Waals surface area contributed by atoms with Crippen molar-refractivity contribution in [1.29, 1.82) is 0 Å². The number of rotatable bonds is 5. The fraction of sp³-hybridized carbons (Fsp3) is 0.625. The average molecular weight is 259 g/mol. The van der Waals surface area contributed by atoms with Gasteiger partial charge in [0.1, 0.15) is 0 Å². The highest BCUT2D eigenvalue weighted by Crippen LogP contribution is 2.27. The Kier molecular flexibility index (Phi) is 4.16. The number of hydrogen-bond acceptors (Lipinski definition) is 3. The second kappa shape index (κ2) is 6.04. The number of hydrogen-bond donors (Lipinski definition) is 1. The Labute approximate surface area is 116 Å². The monoisotopic (exact) mass is 259 g/mol. The third kappa shape index (κ3) is 3.35. The van der Waals surface area contributed by atoms with Crippen LogP contribution in [-0.2, 0) is 0 Å². The van der Waals surface area contributed by atoms with Crippen LogP contribution < -0.4 is 5.73 Å². The van der Waals surface area contributed by atoms with E-state index in [0.717, 1.165) is 19.1 Å². The highest BCUT2D eigenvalue weighted by molar-refractivity contribution is 5.20. The van der Waals surface area contributed by atoms with Crippen LogP contribution in [0.4, 0.5) is 0 Å². The van der Waals surface area contributed by atoms with E-state index in [4.69, 9.17) is 5.73 Å². The molecule has 0 aromatic heterocycles. The minimum absolute atomic E-state index is 0.480. The molecule has 2 N–H and O–H groups in total. The molecular weight excluding hydrogens is 234 g/mol. The first-order valence-corrected chi connectivity index (χ1v) is 7.58. The summed E-state index contributed by atoms with van der Waals surface area (Å²) in [6.45, 7) is 6.76. The van der Waals surface area contributed by atoms with Gasteiger partial charge in [0.05, 0.1) is 0 Å². The van der Waals surface area contributed by atoms with Crippen molar-refractivity contribution >= 4 is 0 Å². The number of benzene rings is 1. The molecule has 1 aliphatic carbocycles. The summed E-state index contributed by atoms with van der Waals surface area (Å²) in [5.74, 6) is 0.480. The lowest BCUT2D eigenvalue weighted by atomic mass is 9.98. The third-order valence-electron chi connectivity index (χ3n) is 4.50. The van der Waals surface area contributed by atoms with Crippen molar-refractivity contribution in [3.63, 3.8) is 0 Å². The lowest BCUT2D eigenvalue weighted by Crippen LogP contribution is -2.48. The predicted molar refractivity (Wildman–Crippen MR) is 79.3 cm³/mol. The summed E-state index contributed by atoms with van der Waals surface area (Å²) in [6.07, 6.45) is 2.85. The molecule has 2 aliphatic rings. The van der Waals surface area contributed by atoms with Crippen molar-refractivity contribution in [3.8, 4) is 0 Å². The molecule has 1 saturated heterocycles. The van der Waals surface area contributed by atoms with Gasteiger partial charge >= 0.3 is 0 Å². The zero-order chi connectivity index (χ0) is 13.1. The van der Waals surface area contributed by atoms with E-state index in [9.17, 15) is 0 Å². The van der Waals surface area contributed by atoms with Crippen LogP contribution in [0.2, 0.25) is 0 Å². The van der Waals surface area contributed by atoms with Crippen molar-refractivity contribution in [2.45, 2.75) is 24.8 Å². The maximum absolute atomic E-state index is 5.97. The smallest absolute Gasteiger partial charge is 0.0113 e. The van der Waals surface area contributed by atoms with Gasteiger partial charge < -0.3 is 10.6 Å². The first-order valence-electron chi connectivity index (χ1n) is 7.58. The molecule has 1 unspecified atom stereocenters. The number of piperazine rings is 1. The third-order valence-corrected chi connectivity index (χ3v) is 4.50. The summed E-state index contributed by atoms with van der Waals surface area (Å²) < 4.78 is 0. The maximum Gasteiger partial charge on any atom is 0.0113 e. The summed E-state index contributed by atoms with van der Waals surface area (Å²) in [5.41, 5.74) is 7.35. The Morgan fingerprint density at radius 3 is 2.32 bits per heavy atom. The van der Waals surface area contributed by atoms with Gasteiger partial charge in [-0.3, -0.25) is 4.90 Å². The van der Waals surface area contributed by atoms with E-state index >= 15 is 0 Å². The fourth-order valence-electron chi connectivity index (χ4n) is 3.10. The highest BCUT2D eigenvalue weighted by Gasteiger charge is 2.31. The Morgan fingerprint density at radius 2 is 1.74 bits per heavy atom. The van der Waals surface area contributed by atoms with E-state index in [-0.39, 0.29) is 0 Å². The van der Waals surface area contributed by atoms with Crippen LogP contribution in [0.15, 0.2) is 30.3 Å². The van der Waals surface area contributed by atoms with Gasteiger partial charge in [0.15, 0.2) is 0 Å². The highest BCUT2D eigenvalue weighted by atomic mass is 15.3. The van der Waals surface area contributed by atoms with Crippen molar-refractivity contribution in [1.82, 2.24) is 9.80 Å². The van der Waals surface area contributed by atoms with Gasteiger partial charge in [0.25, 0.3) is 0 Å². The van der Waals surface area contributed by atoms with Crippen LogP contribution in [0.5, 0.6) is 0 Å². The van der Waals surface area contributed by atoms with Gasteiger partial charge in [-0.1, -0.05) is 30.3 Å². The van der Waals surface area contributed by atoms with Crippen molar-refractivity contribution in [2.75, 3.05) is 39.3 Å². The SMILES string of the molecule is NCC(CN1CCN(C2CC2)CC1)c1ccccc1. The first kappa shape index (κ1) is 13.1. The Bertz CT molecular complexity index is 380. The molecule has 19 heavy (non-hydrogen) atoms. The molecule has 0 spiro atoms. The molecular formula is C16H25N3. The molecule has 0 bridgehead atoms. The predicted octanol–water partition coefficient (Wildman–Crippen LogP) is 1.51. The van der Waals surface area contributed by atoms with Crippen molar-refractivity contribution < 1.29 is 0 Å². The van der Waals surface area contributed by atoms with Gasteiger partial charge in [-0.15, -0.1) is 0 Å². The largest absolute Gasteiger partial charge is 0.330 e. The van der Waals surface area contributed by atoms with E-state index in [2.05, 4.69) is 40.1 Å². The van der Waals surface area contributed by atoms with Crippen molar-refractivity contribution in [2.24, 2.45) is 5.73 Å². The molecule has 0 radical (unpaired) electrons. The second-order valence-corrected chi connectivity index (χ2v) is 5.91. The number of nitrogens with two attached hydrogens (primary N) is 1. The van der Waals surface area contributed by atoms with Gasteiger partial charge in [-0.25, -0.2) is 0 Å². The van der Waals surface area contributed by atoms with E-state index in [1.807, 2.05) is 0 Å². The minimum Gasteiger partial charge on any atom is -0.330 e. The molecule has 0 amide bonds. The zero-order valence-electron chi connectivity index (χ0n) is 11.7. The van der Waals surface area contributed by atoms with Gasteiger partial charge in [0, 0.05) is 51.2 Å². The lowest BCUT2D eigenvalue weighted by Gasteiger charge is -2.36. The standard InChI is InChI=1S/C16H25N3/c17-12-15(14-4-2-1-3-5-14)13-18-8-10-19(11-9-18)16-6-7-16/h1-5,15-16H,6-13,17H2. The molecule has 1 atom stereocenters. The molecule has 2 fully saturated rings. The van der Waals surface area contributed by atoms with E-state index in [1.165, 1.54) is 44.6 Å². The number of nitrogens with zero attached hydrogens (tertiary/aromatic N) is 2. The molecule has 3 rings (SSSR count). The molecule has 1 aromatic rings. The van der Waals surface area contributed by atoms with Gasteiger partial charge in [-0.2, -0.15) is 0 Å². The van der Waals surface area contributed by atoms with E-state index in [1.54, 1.807) is 0 Å². The molecule has 3 heteroatoms. The average Bonchev–Trinajstić information content (AvgIpc) is 3.31. The molecule has 1 heterocycles. The van der Waals surface area contributed by atoms with Crippen LogP contribution >= 0.6 is 0 Å². The zero-order valence-corrected chi connectivity index (χ0v) is 11.7. The van der Waals surface area contributed by atoms with Crippen LogP contribution in [0.3, 0.4) is 0 Å². The Hall–Kier alpha value is -0.900. The van der Waals surface area contributed by atoms with Gasteiger partial charge in [0.2, 0.25) is 0 Å². The molecule has 3 nitrogen and oxygen atoms in total. The maximum atomic E-state index is 5.97. The quantitative estimate of drug-likeness (QED) is 0.870. The molecule has 1 aliphatic heterocycles. The van der Waals surface area contributed by atoms with Crippen LogP contribution in [0, 0.1) is 0 Å². The Morgan fingerprint density at radius 1 is 1.05 bits per heavy atom. The second-order valence-electron chi connectivity index (χ2n) is 5.91. The summed E-state index contributed by atoms with van der Waals surface area (Å²) in [5, 5.41) is 0. The lowest BCUT2D eigenvalue weighted by molar-refractivity contribution is 0.121. The van der Waals surface area contributed by atoms with Gasteiger partial charge in [-0.05, 0) is 18.4 Å². The minimum atomic E-state index is 0.480. The van der Waals surface area contributed by atoms with Crippen LogP contribution in [-0.4, -0.2) is 55.1 Å². The first-order chi connectivity index (χ1) is 9.36. The van der Waals surface area contributed by atoms with Crippen LogP contribution in [0.1, 0.15) is 24.3 Å². The Balaban J connectivity index is 1.52. The normalized spacial score (nSPS) is 23.4. The summed E-state index contributed by atoms with van der Waals surface area (Å²) in [6, 6.07) is 11.6. The molecule has 1 saturated carbocycles. The summed E-state index contributed by atoms with van der Waals surface area (Å²) in [4.78, 5) is 5.25.